The van der Waals surface area contributed by atoms with E-state index in [1.807, 2.05) is 54.6 Å². The maximum absolute atomic E-state index is 13.5. The molecule has 4 rings (SSSR count). The van der Waals surface area contributed by atoms with Gasteiger partial charge >= 0.3 is 0 Å². The van der Waals surface area contributed by atoms with Gasteiger partial charge in [-0.05, 0) is 35.4 Å². The highest BCUT2D eigenvalue weighted by Crippen LogP contribution is 2.44. The maximum Gasteiger partial charge on any atom is 0.237 e. The quantitative estimate of drug-likeness (QED) is 0.713. The Kier molecular flexibility index (Phi) is 4.50. The minimum atomic E-state index is -0.678. The van der Waals surface area contributed by atoms with Crippen molar-refractivity contribution < 1.29 is 14.3 Å². The van der Waals surface area contributed by atoms with Gasteiger partial charge in [-0.25, -0.2) is 0 Å². The first kappa shape index (κ1) is 17.4. The molecule has 136 valence electrons. The Bertz CT molecular complexity index is 1070. The first-order valence-electron chi connectivity index (χ1n) is 8.72. The molecule has 1 unspecified atom stereocenters. The third-order valence-corrected chi connectivity index (χ3v) is 5.00. The topological polar surface area (TPSA) is 61.6 Å². The summed E-state index contributed by atoms with van der Waals surface area (Å²) in [7, 11) is 0. The van der Waals surface area contributed by atoms with Gasteiger partial charge in [0, 0.05) is 10.6 Å². The second-order valence-corrected chi connectivity index (χ2v) is 6.65. The van der Waals surface area contributed by atoms with Crippen LogP contribution in [0.3, 0.4) is 0 Å². The number of halogens is 1. The number of nitrogens with two attached hydrogens (primary N) is 1. The fraction of sp³-hybridized carbons (Fsp3) is 0.136. The maximum atomic E-state index is 13.5. The van der Waals surface area contributed by atoms with E-state index in [9.17, 15) is 4.79 Å². The molecule has 4 nitrogen and oxygen atoms in total. The molecule has 1 aliphatic heterocycles. The van der Waals surface area contributed by atoms with Crippen molar-refractivity contribution in [3.8, 4) is 5.75 Å². The summed E-state index contributed by atoms with van der Waals surface area (Å²) in [4.78, 5) is 13.5. The average molecular weight is 380 g/mol. The summed E-state index contributed by atoms with van der Waals surface area (Å²) in [5, 5.41) is 2.42. The monoisotopic (exact) mass is 379 g/mol. The number of ether oxygens (including phenoxy) is 2. The molecule has 5 heteroatoms. The van der Waals surface area contributed by atoms with Crippen LogP contribution >= 0.6 is 11.6 Å². The van der Waals surface area contributed by atoms with Crippen LogP contribution in [0.2, 0.25) is 5.02 Å². The minimum Gasteiger partial charge on any atom is -0.486 e. The molecule has 0 spiro atoms. The molecule has 1 aliphatic rings. The van der Waals surface area contributed by atoms with E-state index in [4.69, 9.17) is 26.8 Å². The van der Waals surface area contributed by atoms with E-state index in [0.717, 1.165) is 16.3 Å². The molecule has 1 atom stereocenters. The van der Waals surface area contributed by atoms with Crippen molar-refractivity contribution in [2.75, 3.05) is 6.61 Å². The molecule has 3 aromatic carbocycles. The predicted molar refractivity (Wildman–Crippen MR) is 106 cm³/mol. The zero-order chi connectivity index (χ0) is 19.0. The molecule has 0 saturated carbocycles. The summed E-state index contributed by atoms with van der Waals surface area (Å²) in [6, 6.07) is 18.9. The van der Waals surface area contributed by atoms with Crippen LogP contribution in [0.5, 0.6) is 5.75 Å². The van der Waals surface area contributed by atoms with Crippen molar-refractivity contribution >= 4 is 28.2 Å². The first-order valence-corrected chi connectivity index (χ1v) is 9.10. The molecule has 0 aliphatic carbocycles. The Morgan fingerprint density at radius 2 is 1.81 bits per heavy atom. The highest BCUT2D eigenvalue weighted by Gasteiger charge is 2.37. The Morgan fingerprint density at radius 3 is 2.59 bits per heavy atom. The van der Waals surface area contributed by atoms with Gasteiger partial charge in [-0.1, -0.05) is 60.1 Å². The normalized spacial score (nSPS) is 16.7. The highest BCUT2D eigenvalue weighted by atomic mass is 35.5. The van der Waals surface area contributed by atoms with Gasteiger partial charge in [0.2, 0.25) is 17.4 Å². The van der Waals surface area contributed by atoms with Crippen LogP contribution in [0.1, 0.15) is 24.0 Å². The Labute approximate surface area is 162 Å². The molecule has 0 radical (unpaired) electrons. The molecule has 27 heavy (non-hydrogen) atoms. The van der Waals surface area contributed by atoms with E-state index < -0.39 is 5.92 Å². The average Bonchev–Trinajstić information content (AvgIpc) is 2.78. The van der Waals surface area contributed by atoms with E-state index in [1.165, 1.54) is 0 Å². The predicted octanol–water partition coefficient (Wildman–Crippen LogP) is 4.75. The lowest BCUT2D eigenvalue weighted by Crippen LogP contribution is -2.20. The molecule has 1 heterocycles. The lowest BCUT2D eigenvalue weighted by atomic mass is 9.84. The number of fused-ring (bicyclic) bond motifs is 3. The zero-order valence-electron chi connectivity index (χ0n) is 14.7. The van der Waals surface area contributed by atoms with Crippen LogP contribution in [0.4, 0.5) is 0 Å². The number of hydrogen-bond acceptors (Lipinski definition) is 4. The SMILES string of the molecule is CCOC1=C(N)Oc2ccc3ccccc3c2C(c2ccccc2Cl)C1=O. The van der Waals surface area contributed by atoms with E-state index in [2.05, 4.69) is 0 Å². The Balaban J connectivity index is 2.06. The standard InChI is InChI=1S/C22H18ClNO3/c1-2-26-21-20(25)19(15-9-5-6-10-16(15)23)18-14-8-4-3-7-13(14)11-12-17(18)27-22(21)24/h3-12,19H,2,24H2,1H3. The van der Waals surface area contributed by atoms with Gasteiger partial charge in [-0.3, -0.25) is 4.79 Å². The van der Waals surface area contributed by atoms with Crippen LogP contribution in [-0.4, -0.2) is 12.4 Å². The van der Waals surface area contributed by atoms with Crippen LogP contribution in [0, 0.1) is 0 Å². The molecule has 3 aromatic rings. The Morgan fingerprint density at radius 1 is 1.07 bits per heavy atom. The minimum absolute atomic E-state index is 0.0303. The van der Waals surface area contributed by atoms with Crippen molar-refractivity contribution in [1.29, 1.82) is 0 Å². The van der Waals surface area contributed by atoms with Gasteiger partial charge in [0.1, 0.15) is 5.75 Å². The molecule has 0 aromatic heterocycles. The number of carbonyl (C=O) groups excluding carboxylic acids is 1. The van der Waals surface area contributed by atoms with E-state index in [-0.39, 0.29) is 17.4 Å². The number of benzene rings is 3. The van der Waals surface area contributed by atoms with Crippen molar-refractivity contribution in [3.63, 3.8) is 0 Å². The number of Topliss-reactive ketones (excluding diaryl/α,β-unsaturated/α-hetero) is 1. The summed E-state index contributed by atoms with van der Waals surface area (Å²) in [5.74, 6) is -0.422. The van der Waals surface area contributed by atoms with Crippen LogP contribution in [0.25, 0.3) is 10.8 Å². The molecular weight excluding hydrogens is 362 g/mol. The van der Waals surface area contributed by atoms with Crippen molar-refractivity contribution in [1.82, 2.24) is 0 Å². The number of hydrogen-bond donors (Lipinski definition) is 1. The number of rotatable bonds is 3. The van der Waals surface area contributed by atoms with Gasteiger partial charge in [-0.2, -0.15) is 0 Å². The molecule has 0 fully saturated rings. The number of carbonyl (C=O) groups is 1. The van der Waals surface area contributed by atoms with Crippen molar-refractivity contribution in [2.45, 2.75) is 12.8 Å². The summed E-state index contributed by atoms with van der Waals surface area (Å²) in [6.45, 7) is 2.10. The highest BCUT2D eigenvalue weighted by molar-refractivity contribution is 6.32. The third kappa shape index (κ3) is 2.92. The van der Waals surface area contributed by atoms with Gasteiger partial charge in [-0.15, -0.1) is 0 Å². The second kappa shape index (κ2) is 6.97. The summed E-state index contributed by atoms with van der Waals surface area (Å²) >= 11 is 6.47. The fourth-order valence-electron chi connectivity index (χ4n) is 3.50. The smallest absolute Gasteiger partial charge is 0.237 e. The largest absolute Gasteiger partial charge is 0.486 e. The molecule has 0 saturated heterocycles. The van der Waals surface area contributed by atoms with Gasteiger partial charge in [0.15, 0.2) is 0 Å². The summed E-state index contributed by atoms with van der Waals surface area (Å²) < 4.78 is 11.4. The lowest BCUT2D eigenvalue weighted by molar-refractivity contribution is -0.119. The van der Waals surface area contributed by atoms with Crippen LogP contribution in [0.15, 0.2) is 72.3 Å². The van der Waals surface area contributed by atoms with Crippen molar-refractivity contribution in [2.24, 2.45) is 5.73 Å². The second-order valence-electron chi connectivity index (χ2n) is 6.25. The first-order chi connectivity index (χ1) is 13.1. The zero-order valence-corrected chi connectivity index (χ0v) is 15.5. The van der Waals surface area contributed by atoms with E-state index >= 15 is 0 Å². The van der Waals surface area contributed by atoms with Crippen molar-refractivity contribution in [3.05, 3.63) is 88.5 Å². The molecule has 0 amide bonds. The fourth-order valence-corrected chi connectivity index (χ4v) is 3.75. The molecule has 0 bridgehead atoms. The van der Waals surface area contributed by atoms with Crippen LogP contribution < -0.4 is 10.5 Å². The lowest BCUT2D eigenvalue weighted by Gasteiger charge is -2.20. The Hall–Kier alpha value is -2.98. The summed E-state index contributed by atoms with van der Waals surface area (Å²) in [6.07, 6.45) is 0. The van der Waals surface area contributed by atoms with Crippen LogP contribution in [-0.2, 0) is 9.53 Å². The molecular formula is C22H18ClNO3. The summed E-state index contributed by atoms with van der Waals surface area (Å²) in [5.41, 5.74) is 7.50. The van der Waals surface area contributed by atoms with E-state index in [0.29, 0.717) is 22.9 Å². The van der Waals surface area contributed by atoms with Gasteiger partial charge in [0.25, 0.3) is 0 Å². The number of ketones is 1. The van der Waals surface area contributed by atoms with Gasteiger partial charge in [0.05, 0.1) is 12.5 Å². The molecule has 2 N–H and O–H groups in total. The third-order valence-electron chi connectivity index (χ3n) is 4.65. The number of allylic oxidation sites excluding steroid dienone is 1. The van der Waals surface area contributed by atoms with E-state index in [1.54, 1.807) is 13.0 Å². The van der Waals surface area contributed by atoms with Gasteiger partial charge < -0.3 is 15.2 Å².